The number of nitrogens with one attached hydrogen (secondary N) is 3. The summed E-state index contributed by atoms with van der Waals surface area (Å²) in [5.41, 5.74) is 2.27. The van der Waals surface area contributed by atoms with Crippen LogP contribution in [-0.4, -0.2) is 22.0 Å². The van der Waals surface area contributed by atoms with Crippen LogP contribution in [0.4, 0.5) is 21.3 Å². The summed E-state index contributed by atoms with van der Waals surface area (Å²) in [4.78, 5) is 28.8. The predicted molar refractivity (Wildman–Crippen MR) is 120 cm³/mol. The molecule has 30 heavy (non-hydrogen) atoms. The van der Waals surface area contributed by atoms with E-state index in [1.54, 1.807) is 66.7 Å². The molecule has 9 heteroatoms. The van der Waals surface area contributed by atoms with Gasteiger partial charge >= 0.3 is 6.03 Å². The number of aromatic nitrogens is 1. The quantitative estimate of drug-likeness (QED) is 0.335. The number of carbonyl (C=O) groups is 2. The van der Waals surface area contributed by atoms with Crippen molar-refractivity contribution in [2.24, 2.45) is 0 Å². The first-order valence-corrected chi connectivity index (χ1v) is 10.0. The van der Waals surface area contributed by atoms with Crippen molar-refractivity contribution < 1.29 is 14.7 Å². The lowest BCUT2D eigenvalue weighted by Gasteiger charge is -2.08. The number of urea groups is 1. The van der Waals surface area contributed by atoms with Gasteiger partial charge in [0, 0.05) is 22.0 Å². The number of carbonyl (C=O) groups excluding carboxylic acids is 2. The maximum absolute atomic E-state index is 12.3. The highest BCUT2D eigenvalue weighted by Gasteiger charge is 2.10. The van der Waals surface area contributed by atoms with Gasteiger partial charge in [-0.3, -0.25) is 10.1 Å². The average molecular weight is 439 g/mol. The second kappa shape index (κ2) is 8.40. The molecule has 0 atom stereocenters. The van der Waals surface area contributed by atoms with E-state index < -0.39 is 6.03 Å². The van der Waals surface area contributed by atoms with E-state index in [0.29, 0.717) is 32.6 Å². The lowest BCUT2D eigenvalue weighted by atomic mass is 10.2. The van der Waals surface area contributed by atoms with Crippen molar-refractivity contribution in [1.82, 2.24) is 4.98 Å². The van der Waals surface area contributed by atoms with Crippen LogP contribution in [0, 0.1) is 0 Å². The fourth-order valence-corrected chi connectivity index (χ4v) is 3.78. The third kappa shape index (κ3) is 4.68. The van der Waals surface area contributed by atoms with E-state index in [4.69, 9.17) is 11.6 Å². The van der Waals surface area contributed by atoms with Crippen molar-refractivity contribution in [3.05, 3.63) is 77.3 Å². The maximum Gasteiger partial charge on any atom is 0.325 e. The molecule has 1 heterocycles. The summed E-state index contributed by atoms with van der Waals surface area (Å²) in [5, 5.41) is 18.6. The van der Waals surface area contributed by atoms with E-state index in [9.17, 15) is 14.7 Å². The number of nitrogens with zero attached hydrogens (tertiary/aromatic N) is 1. The zero-order chi connectivity index (χ0) is 21.1. The smallest absolute Gasteiger partial charge is 0.325 e. The summed E-state index contributed by atoms with van der Waals surface area (Å²) >= 11 is 7.17. The Morgan fingerprint density at radius 3 is 2.37 bits per heavy atom. The second-order valence-corrected chi connectivity index (χ2v) is 7.76. The number of hydrogen-bond acceptors (Lipinski definition) is 5. The first-order chi connectivity index (χ1) is 14.5. The fourth-order valence-electron chi connectivity index (χ4n) is 2.70. The van der Waals surface area contributed by atoms with Crippen LogP contribution in [0.2, 0.25) is 5.02 Å². The lowest BCUT2D eigenvalue weighted by molar-refractivity contribution is 0.102. The minimum atomic E-state index is -0.450. The van der Waals surface area contributed by atoms with Gasteiger partial charge in [0.15, 0.2) is 5.13 Å². The van der Waals surface area contributed by atoms with Crippen LogP contribution < -0.4 is 16.0 Å². The molecule has 4 rings (SSSR count). The molecule has 4 N–H and O–H groups in total. The molecule has 0 fully saturated rings. The molecular weight excluding hydrogens is 424 g/mol. The standard InChI is InChI=1S/C21H15ClN4O3S/c22-13-3-1-2-12(10-13)19(28)23-14-4-6-15(7-5-14)24-20(29)26-21-25-17-9-8-16(27)11-18(17)30-21/h1-11,27H,(H,23,28)(H2,24,25,26,29). The molecule has 0 aliphatic rings. The van der Waals surface area contributed by atoms with E-state index >= 15 is 0 Å². The van der Waals surface area contributed by atoms with Crippen LogP contribution in [0.25, 0.3) is 10.2 Å². The van der Waals surface area contributed by atoms with Crippen molar-refractivity contribution in [1.29, 1.82) is 0 Å². The van der Waals surface area contributed by atoms with Crippen molar-refractivity contribution in [3.8, 4) is 5.75 Å². The number of hydrogen-bond donors (Lipinski definition) is 4. The Balaban J connectivity index is 1.36. The molecule has 0 spiro atoms. The van der Waals surface area contributed by atoms with Crippen LogP contribution >= 0.6 is 22.9 Å². The van der Waals surface area contributed by atoms with Gasteiger partial charge in [-0.25, -0.2) is 9.78 Å². The third-order valence-corrected chi connectivity index (χ3v) is 5.25. The first kappa shape index (κ1) is 19.7. The van der Waals surface area contributed by atoms with Crippen molar-refractivity contribution in [2.75, 3.05) is 16.0 Å². The van der Waals surface area contributed by atoms with E-state index in [1.165, 1.54) is 11.3 Å². The van der Waals surface area contributed by atoms with Crippen molar-refractivity contribution >= 4 is 61.6 Å². The number of aromatic hydroxyl groups is 1. The summed E-state index contributed by atoms with van der Waals surface area (Å²) in [6.45, 7) is 0. The number of fused-ring (bicyclic) bond motifs is 1. The highest BCUT2D eigenvalue weighted by molar-refractivity contribution is 7.22. The van der Waals surface area contributed by atoms with Gasteiger partial charge in [-0.05, 0) is 60.7 Å². The topological polar surface area (TPSA) is 103 Å². The molecule has 0 saturated carbocycles. The Bertz CT molecular complexity index is 1240. The number of anilines is 3. The molecule has 1 aromatic heterocycles. The molecule has 3 amide bonds. The van der Waals surface area contributed by atoms with Gasteiger partial charge in [0.25, 0.3) is 5.91 Å². The number of rotatable bonds is 4. The molecule has 150 valence electrons. The minimum absolute atomic E-state index is 0.143. The number of amides is 3. The van der Waals surface area contributed by atoms with Gasteiger partial charge in [0.2, 0.25) is 0 Å². The van der Waals surface area contributed by atoms with E-state index in [1.807, 2.05) is 0 Å². The van der Waals surface area contributed by atoms with Gasteiger partial charge in [-0.1, -0.05) is 29.0 Å². The summed E-state index contributed by atoms with van der Waals surface area (Å²) in [6, 6.07) is 17.7. The van der Waals surface area contributed by atoms with Crippen LogP contribution in [0.5, 0.6) is 5.75 Å². The SMILES string of the molecule is O=C(Nc1ccc(NC(=O)c2cccc(Cl)c2)cc1)Nc1nc2ccc(O)cc2s1. The monoisotopic (exact) mass is 438 g/mol. The average Bonchev–Trinajstić information content (AvgIpc) is 3.10. The zero-order valence-corrected chi connectivity index (χ0v) is 16.9. The summed E-state index contributed by atoms with van der Waals surface area (Å²) in [7, 11) is 0. The third-order valence-electron chi connectivity index (χ3n) is 4.08. The minimum Gasteiger partial charge on any atom is -0.508 e. The molecule has 0 bridgehead atoms. The molecule has 0 radical (unpaired) electrons. The summed E-state index contributed by atoms with van der Waals surface area (Å²) in [6.07, 6.45) is 0. The Morgan fingerprint density at radius 1 is 0.900 bits per heavy atom. The Morgan fingerprint density at radius 2 is 1.63 bits per heavy atom. The van der Waals surface area contributed by atoms with E-state index in [-0.39, 0.29) is 11.7 Å². The molecule has 0 unspecified atom stereocenters. The first-order valence-electron chi connectivity index (χ1n) is 8.81. The van der Waals surface area contributed by atoms with Crippen molar-refractivity contribution in [2.45, 2.75) is 0 Å². The van der Waals surface area contributed by atoms with Crippen LogP contribution in [0.15, 0.2) is 66.7 Å². The highest BCUT2D eigenvalue weighted by atomic mass is 35.5. The van der Waals surface area contributed by atoms with E-state index in [0.717, 1.165) is 4.70 Å². The van der Waals surface area contributed by atoms with Gasteiger partial charge in [0.1, 0.15) is 5.75 Å². The number of phenols is 1. The van der Waals surface area contributed by atoms with Crippen LogP contribution in [0.3, 0.4) is 0 Å². The largest absolute Gasteiger partial charge is 0.508 e. The van der Waals surface area contributed by atoms with Gasteiger partial charge < -0.3 is 15.7 Å². The fraction of sp³-hybridized carbons (Fsp3) is 0. The Kier molecular flexibility index (Phi) is 5.51. The zero-order valence-electron chi connectivity index (χ0n) is 15.3. The number of thiazole rings is 1. The number of benzene rings is 3. The number of halogens is 1. The van der Waals surface area contributed by atoms with E-state index in [2.05, 4.69) is 20.9 Å². The molecule has 7 nitrogen and oxygen atoms in total. The summed E-state index contributed by atoms with van der Waals surface area (Å²) in [5.74, 6) is -0.137. The normalized spacial score (nSPS) is 10.6. The lowest BCUT2D eigenvalue weighted by Crippen LogP contribution is -2.19. The van der Waals surface area contributed by atoms with Gasteiger partial charge in [0.05, 0.1) is 10.2 Å². The molecule has 0 aliphatic heterocycles. The molecule has 0 aliphatic carbocycles. The second-order valence-electron chi connectivity index (χ2n) is 6.29. The van der Waals surface area contributed by atoms with Crippen LogP contribution in [0.1, 0.15) is 10.4 Å². The molecule has 0 saturated heterocycles. The molecule has 3 aromatic carbocycles. The molecule has 4 aromatic rings. The highest BCUT2D eigenvalue weighted by Crippen LogP contribution is 2.28. The van der Waals surface area contributed by atoms with Crippen LogP contribution in [-0.2, 0) is 0 Å². The Hall–Kier alpha value is -3.62. The van der Waals surface area contributed by atoms with Gasteiger partial charge in [-0.2, -0.15) is 0 Å². The maximum atomic E-state index is 12.3. The van der Waals surface area contributed by atoms with Gasteiger partial charge in [-0.15, -0.1) is 0 Å². The molecular formula is C21H15ClN4O3S. The number of phenolic OH excluding ortho intramolecular Hbond substituents is 1. The Labute approximate surface area is 180 Å². The summed E-state index contributed by atoms with van der Waals surface area (Å²) < 4.78 is 0.769. The predicted octanol–water partition coefficient (Wildman–Crippen LogP) is 5.55. The van der Waals surface area contributed by atoms with Crippen molar-refractivity contribution in [3.63, 3.8) is 0 Å².